The highest BCUT2D eigenvalue weighted by Gasteiger charge is 2.02. The summed E-state index contributed by atoms with van der Waals surface area (Å²) < 4.78 is 5.17. The average molecular weight is 262 g/mol. The quantitative estimate of drug-likeness (QED) is 0.753. The lowest BCUT2D eigenvalue weighted by Crippen LogP contribution is -1.87. The van der Waals surface area contributed by atoms with Crippen molar-refractivity contribution in [2.24, 2.45) is 0 Å². The Hall–Kier alpha value is -0.470. The maximum absolute atomic E-state index is 6.00. The van der Waals surface area contributed by atoms with Crippen molar-refractivity contribution in [2.75, 3.05) is 12.4 Å². The molecule has 0 unspecified atom stereocenters. The minimum absolute atomic E-state index is 0.705. The second kappa shape index (κ2) is 5.30. The van der Waals surface area contributed by atoms with Gasteiger partial charge < -0.3 is 4.74 Å². The molecule has 0 aliphatic carbocycles. The van der Waals surface area contributed by atoms with E-state index in [1.54, 1.807) is 7.11 Å². The van der Waals surface area contributed by atoms with Crippen molar-refractivity contribution in [1.82, 2.24) is 0 Å². The Morgan fingerprint density at radius 1 is 1.54 bits per heavy atom. The number of alkyl halides is 1. The molecular formula is C10H10BrClO. The molecule has 1 aromatic carbocycles. The van der Waals surface area contributed by atoms with Crippen LogP contribution in [0.1, 0.15) is 5.56 Å². The van der Waals surface area contributed by atoms with Crippen molar-refractivity contribution < 1.29 is 4.74 Å². The lowest BCUT2D eigenvalue weighted by atomic mass is 10.2. The summed E-state index contributed by atoms with van der Waals surface area (Å²) >= 11 is 9.30. The average Bonchev–Trinajstić information content (AvgIpc) is 2.15. The molecule has 1 aromatic rings. The molecule has 0 spiro atoms. The fourth-order valence-electron chi connectivity index (χ4n) is 1.02. The number of rotatable bonds is 3. The minimum atomic E-state index is 0.705. The maximum atomic E-state index is 6.00. The van der Waals surface area contributed by atoms with Gasteiger partial charge >= 0.3 is 0 Å². The molecule has 0 N–H and O–H groups in total. The largest absolute Gasteiger partial charge is 0.496 e. The van der Waals surface area contributed by atoms with E-state index in [9.17, 15) is 0 Å². The predicted molar refractivity (Wildman–Crippen MR) is 60.8 cm³/mol. The predicted octanol–water partition coefficient (Wildman–Crippen LogP) is 3.76. The zero-order chi connectivity index (χ0) is 9.68. The van der Waals surface area contributed by atoms with Crippen LogP contribution in [0.2, 0.25) is 5.02 Å². The minimum Gasteiger partial charge on any atom is -0.496 e. The molecule has 0 saturated heterocycles. The lowest BCUT2D eigenvalue weighted by molar-refractivity contribution is 0.414. The summed E-state index contributed by atoms with van der Waals surface area (Å²) in [7, 11) is 1.64. The third kappa shape index (κ3) is 2.75. The number of methoxy groups -OCH3 is 1. The Balaban J connectivity index is 3.07. The first kappa shape index (κ1) is 10.6. The van der Waals surface area contributed by atoms with Gasteiger partial charge in [-0.25, -0.2) is 0 Å². The van der Waals surface area contributed by atoms with E-state index >= 15 is 0 Å². The Morgan fingerprint density at radius 2 is 2.31 bits per heavy atom. The number of hydrogen-bond acceptors (Lipinski definition) is 1. The Bertz CT molecular complexity index is 310. The van der Waals surface area contributed by atoms with Gasteiger partial charge in [0.25, 0.3) is 0 Å². The van der Waals surface area contributed by atoms with Crippen LogP contribution in [0.25, 0.3) is 6.08 Å². The van der Waals surface area contributed by atoms with Gasteiger partial charge in [-0.05, 0) is 12.1 Å². The summed E-state index contributed by atoms with van der Waals surface area (Å²) in [5.74, 6) is 0.796. The summed E-state index contributed by atoms with van der Waals surface area (Å²) in [5, 5.41) is 1.51. The molecule has 0 atom stereocenters. The fourth-order valence-corrected chi connectivity index (χ4v) is 1.44. The van der Waals surface area contributed by atoms with Crippen molar-refractivity contribution in [1.29, 1.82) is 0 Å². The maximum Gasteiger partial charge on any atom is 0.127 e. The van der Waals surface area contributed by atoms with Crippen molar-refractivity contribution in [2.45, 2.75) is 0 Å². The Labute approximate surface area is 91.5 Å². The normalized spacial score (nSPS) is 10.7. The molecule has 1 rings (SSSR count). The van der Waals surface area contributed by atoms with Gasteiger partial charge in [0.2, 0.25) is 0 Å². The van der Waals surface area contributed by atoms with Gasteiger partial charge in [0.1, 0.15) is 5.75 Å². The summed E-state index contributed by atoms with van der Waals surface area (Å²) in [4.78, 5) is 0. The number of benzene rings is 1. The smallest absolute Gasteiger partial charge is 0.127 e. The molecule has 0 amide bonds. The third-order valence-corrected chi connectivity index (χ3v) is 2.31. The van der Waals surface area contributed by atoms with Crippen LogP contribution < -0.4 is 4.74 Å². The van der Waals surface area contributed by atoms with E-state index in [1.165, 1.54) is 0 Å². The van der Waals surface area contributed by atoms with Gasteiger partial charge in [-0.15, -0.1) is 0 Å². The van der Waals surface area contributed by atoms with Crippen LogP contribution in [-0.4, -0.2) is 12.4 Å². The highest BCUT2D eigenvalue weighted by Crippen LogP contribution is 2.27. The molecular weight excluding hydrogens is 251 g/mol. The van der Waals surface area contributed by atoms with Crippen molar-refractivity contribution in [3.05, 3.63) is 34.9 Å². The summed E-state index contributed by atoms with van der Waals surface area (Å²) in [5.41, 5.74) is 0.922. The van der Waals surface area contributed by atoms with Crippen LogP contribution in [0.5, 0.6) is 5.75 Å². The van der Waals surface area contributed by atoms with E-state index in [-0.39, 0.29) is 0 Å². The summed E-state index contributed by atoms with van der Waals surface area (Å²) in [6, 6.07) is 5.60. The number of allylic oxidation sites excluding steroid dienone is 1. The first-order chi connectivity index (χ1) is 6.29. The lowest BCUT2D eigenvalue weighted by Gasteiger charge is -2.05. The molecule has 0 heterocycles. The van der Waals surface area contributed by atoms with Crippen molar-refractivity contribution >= 4 is 33.6 Å². The standard InChI is InChI=1S/C10H10BrClO/c1-13-10-6-2-5-9(12)8(10)4-3-7-11/h2-6H,7H2,1H3. The van der Waals surface area contributed by atoms with Gasteiger partial charge in [-0.1, -0.05) is 45.7 Å². The van der Waals surface area contributed by atoms with E-state index in [1.807, 2.05) is 30.4 Å². The van der Waals surface area contributed by atoms with Crippen LogP contribution in [0.4, 0.5) is 0 Å². The Morgan fingerprint density at radius 3 is 2.92 bits per heavy atom. The molecule has 0 aromatic heterocycles. The SMILES string of the molecule is COc1cccc(Cl)c1C=CCBr. The van der Waals surface area contributed by atoms with Gasteiger partial charge in [0, 0.05) is 10.9 Å². The van der Waals surface area contributed by atoms with Gasteiger partial charge in [-0.3, -0.25) is 0 Å². The number of ether oxygens (including phenoxy) is 1. The molecule has 3 heteroatoms. The zero-order valence-electron chi connectivity index (χ0n) is 7.26. The van der Waals surface area contributed by atoms with Crippen molar-refractivity contribution in [3.63, 3.8) is 0 Å². The number of halogens is 2. The molecule has 13 heavy (non-hydrogen) atoms. The summed E-state index contributed by atoms with van der Waals surface area (Å²) in [6.07, 6.45) is 3.92. The van der Waals surface area contributed by atoms with Gasteiger partial charge in [-0.2, -0.15) is 0 Å². The monoisotopic (exact) mass is 260 g/mol. The molecule has 0 aliphatic rings. The van der Waals surface area contributed by atoms with E-state index in [2.05, 4.69) is 15.9 Å². The van der Waals surface area contributed by atoms with Crippen LogP contribution in [-0.2, 0) is 0 Å². The van der Waals surface area contributed by atoms with E-state index < -0.39 is 0 Å². The molecule has 0 radical (unpaired) electrons. The van der Waals surface area contributed by atoms with Crippen LogP contribution >= 0.6 is 27.5 Å². The zero-order valence-corrected chi connectivity index (χ0v) is 9.60. The second-order valence-corrected chi connectivity index (χ2v) is 3.47. The highest BCUT2D eigenvalue weighted by atomic mass is 79.9. The molecule has 70 valence electrons. The molecule has 1 nitrogen and oxygen atoms in total. The molecule has 0 saturated carbocycles. The Kier molecular flexibility index (Phi) is 4.33. The van der Waals surface area contributed by atoms with Crippen LogP contribution in [0, 0.1) is 0 Å². The topological polar surface area (TPSA) is 9.23 Å². The van der Waals surface area contributed by atoms with E-state index in [0.29, 0.717) is 5.02 Å². The molecule has 0 fully saturated rings. The fraction of sp³-hybridized carbons (Fsp3) is 0.200. The van der Waals surface area contributed by atoms with Crippen LogP contribution in [0.3, 0.4) is 0 Å². The second-order valence-electron chi connectivity index (χ2n) is 2.41. The van der Waals surface area contributed by atoms with E-state index in [0.717, 1.165) is 16.6 Å². The number of hydrogen-bond donors (Lipinski definition) is 0. The third-order valence-electron chi connectivity index (χ3n) is 1.61. The van der Waals surface area contributed by atoms with Gasteiger partial charge in [0.05, 0.1) is 12.1 Å². The van der Waals surface area contributed by atoms with E-state index in [4.69, 9.17) is 16.3 Å². The van der Waals surface area contributed by atoms with Crippen molar-refractivity contribution in [3.8, 4) is 5.75 Å². The first-order valence-corrected chi connectivity index (χ1v) is 5.34. The van der Waals surface area contributed by atoms with Crippen LogP contribution in [0.15, 0.2) is 24.3 Å². The first-order valence-electron chi connectivity index (χ1n) is 3.84. The van der Waals surface area contributed by atoms with Gasteiger partial charge in [0.15, 0.2) is 0 Å². The molecule has 0 bridgehead atoms. The molecule has 0 aliphatic heterocycles. The summed E-state index contributed by atoms with van der Waals surface area (Å²) in [6.45, 7) is 0. The highest BCUT2D eigenvalue weighted by molar-refractivity contribution is 9.09.